The fourth-order valence-corrected chi connectivity index (χ4v) is 3.83. The van der Waals surface area contributed by atoms with Crippen LogP contribution in [0, 0.1) is 0 Å². The van der Waals surface area contributed by atoms with Crippen molar-refractivity contribution in [3.8, 4) is 28.7 Å². The average molecular weight is 373 g/mol. The highest BCUT2D eigenvalue weighted by molar-refractivity contribution is 5.59. The summed E-state index contributed by atoms with van der Waals surface area (Å²) >= 11 is 0. The van der Waals surface area contributed by atoms with Crippen molar-refractivity contribution in [2.24, 2.45) is 0 Å². The third-order valence-corrected chi connectivity index (χ3v) is 5.31. The van der Waals surface area contributed by atoms with Crippen LogP contribution < -0.4 is 23.7 Å². The number of nitrogens with zero attached hydrogens (tertiary/aromatic N) is 1. The molecule has 0 amide bonds. The van der Waals surface area contributed by atoms with Gasteiger partial charge in [0.15, 0.2) is 28.7 Å². The van der Waals surface area contributed by atoms with E-state index in [1.807, 2.05) is 24.1 Å². The topological polar surface area (TPSA) is 69.6 Å². The predicted octanol–water partition coefficient (Wildman–Crippen LogP) is 2.12. The lowest BCUT2D eigenvalue weighted by atomic mass is 9.84. The molecular weight excluding hydrogens is 350 g/mol. The van der Waals surface area contributed by atoms with Gasteiger partial charge in [0.1, 0.15) is 0 Å². The molecule has 0 aromatic heterocycles. The van der Waals surface area contributed by atoms with Crippen molar-refractivity contribution in [1.82, 2.24) is 4.90 Å². The van der Waals surface area contributed by atoms with Crippen LogP contribution in [-0.2, 0) is 12.1 Å². The molecule has 4 rings (SSSR count). The summed E-state index contributed by atoms with van der Waals surface area (Å²) in [5.74, 6) is 2.81. The number of ether oxygens (including phenoxy) is 5. The Labute approximate surface area is 158 Å². The largest absolute Gasteiger partial charge is 0.493 e. The number of hydrogen-bond acceptors (Lipinski definition) is 7. The van der Waals surface area contributed by atoms with Crippen molar-refractivity contribution in [2.75, 3.05) is 41.7 Å². The molecule has 7 nitrogen and oxygen atoms in total. The SMILES string of the molecule is COc1cc([C@]2(O)c3cc4c(cc3CCN2C)OCO4)cc(OC)c1OC. The molecule has 144 valence electrons. The van der Waals surface area contributed by atoms with Crippen molar-refractivity contribution in [3.05, 3.63) is 41.0 Å². The second-order valence-corrected chi connectivity index (χ2v) is 6.62. The third-order valence-electron chi connectivity index (χ3n) is 5.31. The van der Waals surface area contributed by atoms with Gasteiger partial charge in [-0.15, -0.1) is 0 Å². The van der Waals surface area contributed by atoms with Gasteiger partial charge in [0.05, 0.1) is 21.3 Å². The van der Waals surface area contributed by atoms with Crippen molar-refractivity contribution in [1.29, 1.82) is 0 Å². The zero-order valence-corrected chi connectivity index (χ0v) is 15.9. The zero-order valence-electron chi connectivity index (χ0n) is 15.9. The van der Waals surface area contributed by atoms with E-state index in [-0.39, 0.29) is 6.79 Å². The van der Waals surface area contributed by atoms with Gasteiger partial charge in [0.25, 0.3) is 0 Å². The van der Waals surface area contributed by atoms with E-state index in [4.69, 9.17) is 23.7 Å². The van der Waals surface area contributed by atoms with Crippen LogP contribution in [-0.4, -0.2) is 51.7 Å². The fourth-order valence-electron chi connectivity index (χ4n) is 3.83. The van der Waals surface area contributed by atoms with E-state index < -0.39 is 5.72 Å². The van der Waals surface area contributed by atoms with E-state index in [9.17, 15) is 5.11 Å². The summed E-state index contributed by atoms with van der Waals surface area (Å²) in [5, 5.41) is 11.9. The minimum atomic E-state index is -1.37. The van der Waals surface area contributed by atoms with E-state index in [0.29, 0.717) is 40.9 Å². The van der Waals surface area contributed by atoms with Crippen molar-refractivity contribution >= 4 is 0 Å². The Balaban J connectivity index is 1.93. The molecule has 1 N–H and O–H groups in total. The summed E-state index contributed by atoms with van der Waals surface area (Å²) in [6, 6.07) is 7.36. The van der Waals surface area contributed by atoms with Crippen LogP contribution in [0.1, 0.15) is 16.7 Å². The second kappa shape index (κ2) is 6.51. The van der Waals surface area contributed by atoms with E-state index in [1.54, 1.807) is 33.5 Å². The summed E-state index contributed by atoms with van der Waals surface area (Å²) in [7, 11) is 6.55. The van der Waals surface area contributed by atoms with Crippen molar-refractivity contribution in [3.63, 3.8) is 0 Å². The lowest BCUT2D eigenvalue weighted by Gasteiger charge is -2.43. The summed E-state index contributed by atoms with van der Waals surface area (Å²) < 4.78 is 27.4. The first-order chi connectivity index (χ1) is 13.0. The summed E-state index contributed by atoms with van der Waals surface area (Å²) in [6.45, 7) is 0.872. The number of likely N-dealkylation sites (N-methyl/N-ethyl adjacent to an activating group) is 1. The van der Waals surface area contributed by atoms with E-state index in [2.05, 4.69) is 0 Å². The Bertz CT molecular complexity index is 858. The molecule has 0 fully saturated rings. The molecule has 0 saturated heterocycles. The summed E-state index contributed by atoms with van der Waals surface area (Å²) in [6.07, 6.45) is 0.801. The Kier molecular flexibility index (Phi) is 4.28. The second-order valence-electron chi connectivity index (χ2n) is 6.62. The third kappa shape index (κ3) is 2.57. The molecular formula is C20H23NO6. The van der Waals surface area contributed by atoms with Gasteiger partial charge in [-0.25, -0.2) is 0 Å². The monoisotopic (exact) mass is 373 g/mol. The van der Waals surface area contributed by atoms with Gasteiger partial charge in [0.2, 0.25) is 12.5 Å². The smallest absolute Gasteiger partial charge is 0.231 e. The van der Waals surface area contributed by atoms with E-state index in [0.717, 1.165) is 17.5 Å². The van der Waals surface area contributed by atoms with Crippen LogP contribution in [0.2, 0.25) is 0 Å². The molecule has 1 atom stereocenters. The molecule has 0 saturated carbocycles. The van der Waals surface area contributed by atoms with Crippen LogP contribution in [0.5, 0.6) is 28.7 Å². The molecule has 7 heteroatoms. The average Bonchev–Trinajstić information content (AvgIpc) is 3.15. The van der Waals surface area contributed by atoms with Gasteiger partial charge in [-0.2, -0.15) is 0 Å². The van der Waals surface area contributed by atoms with Gasteiger partial charge in [-0.3, -0.25) is 4.90 Å². The van der Waals surface area contributed by atoms with E-state index in [1.165, 1.54) is 0 Å². The van der Waals surface area contributed by atoms with Gasteiger partial charge in [-0.05, 0) is 43.3 Å². The Morgan fingerprint density at radius 1 is 0.963 bits per heavy atom. The summed E-state index contributed by atoms with van der Waals surface area (Å²) in [4.78, 5) is 1.90. The lowest BCUT2D eigenvalue weighted by molar-refractivity contribution is -0.0733. The van der Waals surface area contributed by atoms with Gasteiger partial charge in [-0.1, -0.05) is 0 Å². The number of benzene rings is 2. The molecule has 2 aromatic carbocycles. The minimum Gasteiger partial charge on any atom is -0.493 e. The Morgan fingerprint density at radius 3 is 2.19 bits per heavy atom. The van der Waals surface area contributed by atoms with Crippen LogP contribution in [0.15, 0.2) is 24.3 Å². The molecule has 0 unspecified atom stereocenters. The number of aliphatic hydroxyl groups is 1. The molecule has 0 aliphatic carbocycles. The first kappa shape index (κ1) is 17.8. The lowest BCUT2D eigenvalue weighted by Crippen LogP contribution is -2.49. The molecule has 2 aliphatic heterocycles. The van der Waals surface area contributed by atoms with E-state index >= 15 is 0 Å². The predicted molar refractivity (Wildman–Crippen MR) is 98.0 cm³/mol. The highest BCUT2D eigenvalue weighted by Gasteiger charge is 2.43. The summed E-state index contributed by atoms with van der Waals surface area (Å²) in [5.41, 5.74) is 1.03. The highest BCUT2D eigenvalue weighted by Crippen LogP contribution is 2.48. The Hall–Kier alpha value is -2.64. The number of fused-ring (bicyclic) bond motifs is 2. The zero-order chi connectivity index (χ0) is 19.2. The first-order valence-electron chi connectivity index (χ1n) is 8.70. The number of methoxy groups -OCH3 is 3. The quantitative estimate of drug-likeness (QED) is 0.880. The van der Waals surface area contributed by atoms with Crippen molar-refractivity contribution < 1.29 is 28.8 Å². The molecule has 2 aliphatic rings. The maximum Gasteiger partial charge on any atom is 0.231 e. The highest BCUT2D eigenvalue weighted by atomic mass is 16.7. The van der Waals surface area contributed by atoms with Crippen molar-refractivity contribution in [2.45, 2.75) is 12.1 Å². The number of hydrogen-bond donors (Lipinski definition) is 1. The minimum absolute atomic E-state index is 0.191. The van der Waals surface area contributed by atoms with Gasteiger partial charge >= 0.3 is 0 Å². The molecule has 27 heavy (non-hydrogen) atoms. The van der Waals surface area contributed by atoms with Gasteiger partial charge < -0.3 is 28.8 Å². The van der Waals surface area contributed by atoms with Crippen LogP contribution in [0.4, 0.5) is 0 Å². The molecule has 0 spiro atoms. The fraction of sp³-hybridized carbons (Fsp3) is 0.400. The van der Waals surface area contributed by atoms with Crippen LogP contribution >= 0.6 is 0 Å². The normalized spacial score (nSPS) is 20.9. The molecule has 2 heterocycles. The molecule has 0 bridgehead atoms. The van der Waals surface area contributed by atoms with Gasteiger partial charge in [0, 0.05) is 17.7 Å². The standard InChI is InChI=1S/C20H23NO6/c1-21-6-5-12-7-15-16(27-11-26-15)10-14(12)20(21,22)13-8-17(23-2)19(25-4)18(9-13)24-3/h7-10,22H,5-6,11H2,1-4H3/t20-/m0/s1. The van der Waals surface area contributed by atoms with Crippen LogP contribution in [0.3, 0.4) is 0 Å². The Morgan fingerprint density at radius 2 is 1.59 bits per heavy atom. The first-order valence-corrected chi connectivity index (χ1v) is 8.70. The van der Waals surface area contributed by atoms with Crippen LogP contribution in [0.25, 0.3) is 0 Å². The molecule has 0 radical (unpaired) electrons. The maximum atomic E-state index is 11.9. The number of rotatable bonds is 4. The maximum absolute atomic E-state index is 11.9. The molecule has 2 aromatic rings.